The fourth-order valence-electron chi connectivity index (χ4n) is 3.20. The molecule has 0 amide bonds. The maximum absolute atomic E-state index is 4.84. The molecule has 6 heteroatoms. The first-order valence-corrected chi connectivity index (χ1v) is 9.33. The molecule has 1 aromatic carbocycles. The number of rotatable bonds is 6. The number of nitrogens with one attached hydrogen (secondary N) is 1. The summed E-state index contributed by atoms with van der Waals surface area (Å²) in [7, 11) is 0. The van der Waals surface area contributed by atoms with Gasteiger partial charge >= 0.3 is 0 Å². The minimum absolute atomic E-state index is 0.477. The molecule has 4 aromatic rings. The Bertz CT molecular complexity index is 1050. The predicted molar refractivity (Wildman–Crippen MR) is 105 cm³/mol. The van der Waals surface area contributed by atoms with E-state index >= 15 is 0 Å². The Balaban J connectivity index is 1.48. The Labute approximate surface area is 157 Å². The molecule has 0 spiro atoms. The Morgan fingerprint density at radius 2 is 1.85 bits per heavy atom. The van der Waals surface area contributed by atoms with Crippen LogP contribution < -0.4 is 5.32 Å². The minimum atomic E-state index is 0.477. The molecule has 3 heterocycles. The van der Waals surface area contributed by atoms with Gasteiger partial charge in [-0.2, -0.15) is 5.10 Å². The molecule has 27 heavy (non-hydrogen) atoms. The fourth-order valence-corrected chi connectivity index (χ4v) is 3.20. The third-order valence-electron chi connectivity index (χ3n) is 4.79. The highest BCUT2D eigenvalue weighted by atomic mass is 15.3. The maximum atomic E-state index is 4.84. The molecule has 1 N–H and O–H groups in total. The standard InChI is InChI=1S/C21H20N6/c1-2-7-17(8-3-1)27-21-18(14-24-27)20(25-19(26-21)15-9-10-15)23-13-11-16-6-4-5-12-22-16/h1-8,12,14-15H,9-11,13H2,(H,23,25,26). The van der Waals surface area contributed by atoms with Gasteiger partial charge in [0.2, 0.25) is 0 Å². The Kier molecular flexibility index (Phi) is 4.01. The Morgan fingerprint density at radius 3 is 2.63 bits per heavy atom. The van der Waals surface area contributed by atoms with E-state index in [2.05, 4.69) is 15.4 Å². The molecule has 1 aliphatic carbocycles. The molecule has 6 nitrogen and oxygen atoms in total. The Hall–Kier alpha value is -3.28. The second-order valence-electron chi connectivity index (χ2n) is 6.83. The molecule has 0 radical (unpaired) electrons. The number of anilines is 1. The van der Waals surface area contributed by atoms with Crippen molar-refractivity contribution in [1.82, 2.24) is 24.7 Å². The fraction of sp³-hybridized carbons (Fsp3) is 0.238. The topological polar surface area (TPSA) is 68.5 Å². The average molecular weight is 356 g/mol. The summed E-state index contributed by atoms with van der Waals surface area (Å²) in [4.78, 5) is 14.0. The third-order valence-corrected chi connectivity index (χ3v) is 4.79. The lowest BCUT2D eigenvalue weighted by molar-refractivity contribution is 0.871. The average Bonchev–Trinajstić information content (AvgIpc) is 3.48. The van der Waals surface area contributed by atoms with E-state index in [1.165, 1.54) is 12.8 Å². The van der Waals surface area contributed by atoms with Gasteiger partial charge in [-0.3, -0.25) is 4.98 Å². The number of para-hydroxylation sites is 1. The van der Waals surface area contributed by atoms with E-state index in [1.54, 1.807) is 0 Å². The van der Waals surface area contributed by atoms with Gasteiger partial charge in [0, 0.05) is 30.8 Å². The van der Waals surface area contributed by atoms with E-state index in [0.29, 0.717) is 5.92 Å². The van der Waals surface area contributed by atoms with Crippen LogP contribution in [-0.4, -0.2) is 31.3 Å². The first kappa shape index (κ1) is 15.9. The predicted octanol–water partition coefficient (Wildman–Crippen LogP) is 3.74. The van der Waals surface area contributed by atoms with Crippen molar-refractivity contribution in [2.24, 2.45) is 0 Å². The van der Waals surface area contributed by atoms with E-state index < -0.39 is 0 Å². The number of aromatic nitrogens is 5. The van der Waals surface area contributed by atoms with Crippen molar-refractivity contribution in [3.05, 3.63) is 72.4 Å². The van der Waals surface area contributed by atoms with Crippen LogP contribution in [0.2, 0.25) is 0 Å². The molecule has 0 aliphatic heterocycles. The summed E-state index contributed by atoms with van der Waals surface area (Å²) in [6, 6.07) is 16.1. The summed E-state index contributed by atoms with van der Waals surface area (Å²) >= 11 is 0. The largest absolute Gasteiger partial charge is 0.369 e. The minimum Gasteiger partial charge on any atom is -0.369 e. The molecular formula is C21H20N6. The van der Waals surface area contributed by atoms with Crippen LogP contribution in [0.15, 0.2) is 60.9 Å². The van der Waals surface area contributed by atoms with Gasteiger partial charge in [-0.05, 0) is 37.1 Å². The zero-order valence-corrected chi connectivity index (χ0v) is 14.9. The van der Waals surface area contributed by atoms with Gasteiger partial charge in [-0.1, -0.05) is 24.3 Å². The van der Waals surface area contributed by atoms with Crippen molar-refractivity contribution in [3.8, 4) is 5.69 Å². The molecule has 0 saturated heterocycles. The highest BCUT2D eigenvalue weighted by molar-refractivity contribution is 5.87. The maximum Gasteiger partial charge on any atom is 0.168 e. The number of hydrogen-bond acceptors (Lipinski definition) is 5. The van der Waals surface area contributed by atoms with E-state index in [4.69, 9.17) is 9.97 Å². The van der Waals surface area contributed by atoms with Crippen molar-refractivity contribution in [2.45, 2.75) is 25.2 Å². The summed E-state index contributed by atoms with van der Waals surface area (Å²) in [5, 5.41) is 9.00. The summed E-state index contributed by atoms with van der Waals surface area (Å²) in [6.07, 6.45) is 6.85. The van der Waals surface area contributed by atoms with Crippen molar-refractivity contribution in [3.63, 3.8) is 0 Å². The first-order valence-electron chi connectivity index (χ1n) is 9.33. The highest BCUT2D eigenvalue weighted by Crippen LogP contribution is 2.39. The van der Waals surface area contributed by atoms with Crippen molar-refractivity contribution in [2.75, 3.05) is 11.9 Å². The van der Waals surface area contributed by atoms with Crippen LogP contribution in [0.25, 0.3) is 16.7 Å². The smallest absolute Gasteiger partial charge is 0.168 e. The van der Waals surface area contributed by atoms with Crippen LogP contribution in [-0.2, 0) is 6.42 Å². The molecule has 1 saturated carbocycles. The second-order valence-corrected chi connectivity index (χ2v) is 6.83. The summed E-state index contributed by atoms with van der Waals surface area (Å²) < 4.78 is 1.90. The molecule has 1 aliphatic rings. The van der Waals surface area contributed by atoms with Crippen LogP contribution >= 0.6 is 0 Å². The molecular weight excluding hydrogens is 336 g/mol. The van der Waals surface area contributed by atoms with Gasteiger partial charge in [0.05, 0.1) is 17.3 Å². The van der Waals surface area contributed by atoms with E-state index in [1.807, 2.05) is 65.6 Å². The van der Waals surface area contributed by atoms with Gasteiger partial charge in [0.25, 0.3) is 0 Å². The SMILES string of the molecule is c1ccc(-n2ncc3c(NCCc4ccccn4)nc(C4CC4)nc32)cc1. The second kappa shape index (κ2) is 6.79. The number of hydrogen-bond donors (Lipinski definition) is 1. The van der Waals surface area contributed by atoms with Gasteiger partial charge in [-0.15, -0.1) is 0 Å². The quantitative estimate of drug-likeness (QED) is 0.570. The Morgan fingerprint density at radius 1 is 1.00 bits per heavy atom. The van der Waals surface area contributed by atoms with Crippen LogP contribution in [0.5, 0.6) is 0 Å². The van der Waals surface area contributed by atoms with Crippen molar-refractivity contribution >= 4 is 16.9 Å². The van der Waals surface area contributed by atoms with Crippen LogP contribution in [0, 0.1) is 0 Å². The summed E-state index contributed by atoms with van der Waals surface area (Å²) in [6.45, 7) is 0.768. The molecule has 0 atom stereocenters. The van der Waals surface area contributed by atoms with Gasteiger partial charge in [-0.25, -0.2) is 14.6 Å². The van der Waals surface area contributed by atoms with Gasteiger partial charge in [0.1, 0.15) is 11.6 Å². The monoisotopic (exact) mass is 356 g/mol. The molecule has 0 unspecified atom stereocenters. The van der Waals surface area contributed by atoms with Crippen LogP contribution in [0.1, 0.15) is 30.3 Å². The van der Waals surface area contributed by atoms with E-state index in [9.17, 15) is 0 Å². The first-order chi connectivity index (χ1) is 13.4. The molecule has 5 rings (SSSR count). The molecule has 134 valence electrons. The normalized spacial score (nSPS) is 13.8. The molecule has 3 aromatic heterocycles. The van der Waals surface area contributed by atoms with Crippen LogP contribution in [0.4, 0.5) is 5.82 Å². The highest BCUT2D eigenvalue weighted by Gasteiger charge is 2.28. The summed E-state index contributed by atoms with van der Waals surface area (Å²) in [5.41, 5.74) is 2.93. The number of benzene rings is 1. The lowest BCUT2D eigenvalue weighted by atomic mass is 10.2. The van der Waals surface area contributed by atoms with Crippen molar-refractivity contribution in [1.29, 1.82) is 0 Å². The number of nitrogens with zero attached hydrogens (tertiary/aromatic N) is 5. The summed E-state index contributed by atoms with van der Waals surface area (Å²) in [5.74, 6) is 2.25. The lowest BCUT2D eigenvalue weighted by Gasteiger charge is -2.09. The van der Waals surface area contributed by atoms with E-state index in [0.717, 1.165) is 47.0 Å². The van der Waals surface area contributed by atoms with Gasteiger partial charge in [0.15, 0.2) is 5.65 Å². The van der Waals surface area contributed by atoms with Crippen molar-refractivity contribution < 1.29 is 0 Å². The lowest BCUT2D eigenvalue weighted by Crippen LogP contribution is -2.09. The van der Waals surface area contributed by atoms with E-state index in [-0.39, 0.29) is 0 Å². The number of fused-ring (bicyclic) bond motifs is 1. The number of pyridine rings is 1. The zero-order chi connectivity index (χ0) is 18.1. The zero-order valence-electron chi connectivity index (χ0n) is 14.9. The molecule has 1 fully saturated rings. The third kappa shape index (κ3) is 3.26. The van der Waals surface area contributed by atoms with Crippen LogP contribution in [0.3, 0.4) is 0 Å². The molecule has 0 bridgehead atoms. The van der Waals surface area contributed by atoms with Gasteiger partial charge < -0.3 is 5.32 Å².